The van der Waals surface area contributed by atoms with E-state index in [1.807, 2.05) is 54.8 Å². The van der Waals surface area contributed by atoms with Gasteiger partial charge in [0.25, 0.3) is 5.91 Å². The SMILES string of the molecule is CSc1ccccc1C(=O)NCC1=N[C@@H](c2ccccc2)c2ccccc2-n2cccc21. The standard InChI is InChI=1S/C27H23N3OS/c1-32-25-16-8-6-13-21(25)27(31)28-18-22-24-15-9-17-30(24)23-14-7-5-12-20(23)26(29-22)19-10-3-2-4-11-19/h2-17,26H,18H2,1H3,(H,28,31)/t26-/m0/s1. The number of hydrogen-bond donors (Lipinski definition) is 1. The predicted octanol–water partition coefficient (Wildman–Crippen LogP) is 5.52. The first kappa shape index (κ1) is 20.3. The molecule has 5 heteroatoms. The lowest BCUT2D eigenvalue weighted by Crippen LogP contribution is -2.31. The molecule has 1 amide bonds. The second-order valence-corrected chi connectivity index (χ2v) is 8.44. The number of hydrogen-bond acceptors (Lipinski definition) is 3. The number of benzene rings is 3. The fourth-order valence-electron chi connectivity index (χ4n) is 4.17. The molecule has 3 aromatic carbocycles. The Labute approximate surface area is 192 Å². The van der Waals surface area contributed by atoms with Gasteiger partial charge in [-0.05, 0) is 42.2 Å². The van der Waals surface area contributed by atoms with Gasteiger partial charge in [0.2, 0.25) is 0 Å². The molecule has 1 aromatic heterocycles. The van der Waals surface area contributed by atoms with E-state index in [1.54, 1.807) is 11.8 Å². The van der Waals surface area contributed by atoms with Crippen LogP contribution in [-0.2, 0) is 0 Å². The Morgan fingerprint density at radius 3 is 2.53 bits per heavy atom. The Balaban J connectivity index is 1.54. The summed E-state index contributed by atoms with van der Waals surface area (Å²) in [5, 5.41) is 3.10. The number of aromatic nitrogens is 1. The zero-order valence-corrected chi connectivity index (χ0v) is 18.5. The minimum absolute atomic E-state index is 0.0891. The Bertz CT molecular complexity index is 1290. The van der Waals surface area contributed by atoms with Crippen LogP contribution in [0.5, 0.6) is 0 Å². The van der Waals surface area contributed by atoms with Crippen molar-refractivity contribution in [2.24, 2.45) is 4.99 Å². The van der Waals surface area contributed by atoms with E-state index in [2.05, 4.69) is 58.5 Å². The van der Waals surface area contributed by atoms with Gasteiger partial charge in [-0.1, -0.05) is 60.7 Å². The number of carbonyl (C=O) groups excluding carboxylic acids is 1. The number of para-hydroxylation sites is 1. The average molecular weight is 438 g/mol. The molecule has 1 atom stereocenters. The van der Waals surface area contributed by atoms with E-state index in [4.69, 9.17) is 4.99 Å². The molecule has 0 bridgehead atoms. The Kier molecular flexibility index (Phi) is 5.65. The zero-order valence-electron chi connectivity index (χ0n) is 17.7. The van der Waals surface area contributed by atoms with Crippen LogP contribution in [0, 0.1) is 0 Å². The highest BCUT2D eigenvalue weighted by atomic mass is 32.2. The topological polar surface area (TPSA) is 46.4 Å². The van der Waals surface area contributed by atoms with Gasteiger partial charge in [-0.3, -0.25) is 9.79 Å². The van der Waals surface area contributed by atoms with Crippen LogP contribution in [0.2, 0.25) is 0 Å². The second-order valence-electron chi connectivity index (χ2n) is 7.59. The third kappa shape index (κ3) is 3.76. The molecule has 5 rings (SSSR count). The van der Waals surface area contributed by atoms with Gasteiger partial charge in [-0.25, -0.2) is 0 Å². The van der Waals surface area contributed by atoms with E-state index in [1.165, 1.54) is 0 Å². The summed E-state index contributed by atoms with van der Waals surface area (Å²) in [6.45, 7) is 0.350. The monoisotopic (exact) mass is 437 g/mol. The van der Waals surface area contributed by atoms with E-state index in [0.29, 0.717) is 12.1 Å². The number of aliphatic imine (C=N–C) groups is 1. The highest BCUT2D eigenvalue weighted by Gasteiger charge is 2.25. The summed E-state index contributed by atoms with van der Waals surface area (Å²) in [5.41, 5.74) is 5.92. The first-order valence-electron chi connectivity index (χ1n) is 10.6. The number of thioether (sulfide) groups is 1. The van der Waals surface area contributed by atoms with Crippen molar-refractivity contribution in [3.05, 3.63) is 120 Å². The molecule has 0 radical (unpaired) electrons. The molecule has 158 valence electrons. The molecular formula is C27H23N3OS. The quantitative estimate of drug-likeness (QED) is 0.418. The van der Waals surface area contributed by atoms with Gasteiger partial charge >= 0.3 is 0 Å². The molecule has 4 aromatic rings. The zero-order chi connectivity index (χ0) is 21.9. The van der Waals surface area contributed by atoms with Crippen LogP contribution in [0.15, 0.2) is 107 Å². The molecule has 0 saturated carbocycles. The third-order valence-corrected chi connectivity index (χ3v) is 6.50. The number of nitrogens with zero attached hydrogens (tertiary/aromatic N) is 2. The molecule has 0 spiro atoms. The highest BCUT2D eigenvalue weighted by Crippen LogP contribution is 2.34. The van der Waals surface area contributed by atoms with Crippen LogP contribution in [-0.4, -0.2) is 29.0 Å². The average Bonchev–Trinajstić information content (AvgIpc) is 3.29. The Hall–Kier alpha value is -3.57. The summed E-state index contributed by atoms with van der Waals surface area (Å²) in [6, 6.07) is 30.3. The van der Waals surface area contributed by atoms with Gasteiger partial charge in [0.1, 0.15) is 6.04 Å². The van der Waals surface area contributed by atoms with Crippen LogP contribution in [0.4, 0.5) is 0 Å². The lowest BCUT2D eigenvalue weighted by atomic mass is 9.97. The van der Waals surface area contributed by atoms with Crippen LogP contribution in [0.25, 0.3) is 5.69 Å². The van der Waals surface area contributed by atoms with Gasteiger partial charge in [-0.2, -0.15) is 0 Å². The Morgan fingerprint density at radius 1 is 0.938 bits per heavy atom. The van der Waals surface area contributed by atoms with Crippen molar-refractivity contribution in [3.63, 3.8) is 0 Å². The molecule has 1 aliphatic rings. The fraction of sp³-hybridized carbons (Fsp3) is 0.111. The van der Waals surface area contributed by atoms with Gasteiger partial charge in [-0.15, -0.1) is 11.8 Å². The predicted molar refractivity (Wildman–Crippen MR) is 131 cm³/mol. The minimum Gasteiger partial charge on any atom is -0.346 e. The van der Waals surface area contributed by atoms with Crippen LogP contribution < -0.4 is 5.32 Å². The summed E-state index contributed by atoms with van der Waals surface area (Å²) >= 11 is 1.57. The van der Waals surface area contributed by atoms with E-state index < -0.39 is 0 Å². The van der Waals surface area contributed by atoms with Gasteiger partial charge in [0.05, 0.1) is 29.2 Å². The van der Waals surface area contributed by atoms with E-state index in [-0.39, 0.29) is 11.9 Å². The molecule has 0 saturated heterocycles. The third-order valence-electron chi connectivity index (χ3n) is 5.70. The van der Waals surface area contributed by atoms with E-state index in [9.17, 15) is 4.79 Å². The maximum absolute atomic E-state index is 13.0. The van der Waals surface area contributed by atoms with E-state index in [0.717, 1.165) is 33.1 Å². The molecule has 32 heavy (non-hydrogen) atoms. The lowest BCUT2D eigenvalue weighted by molar-refractivity contribution is 0.0956. The number of amides is 1. The molecule has 2 heterocycles. The first-order chi connectivity index (χ1) is 15.8. The highest BCUT2D eigenvalue weighted by molar-refractivity contribution is 7.98. The van der Waals surface area contributed by atoms with Crippen molar-refractivity contribution in [1.82, 2.24) is 9.88 Å². The number of nitrogens with one attached hydrogen (secondary N) is 1. The number of rotatable bonds is 5. The van der Waals surface area contributed by atoms with Crippen LogP contribution in [0.3, 0.4) is 0 Å². The van der Waals surface area contributed by atoms with Crippen molar-refractivity contribution >= 4 is 23.4 Å². The summed E-state index contributed by atoms with van der Waals surface area (Å²) in [6.07, 6.45) is 4.04. The number of fused-ring (bicyclic) bond motifs is 3. The van der Waals surface area contributed by atoms with Crippen molar-refractivity contribution in [2.75, 3.05) is 12.8 Å². The summed E-state index contributed by atoms with van der Waals surface area (Å²) in [5.74, 6) is -0.0891. The normalized spacial score (nSPS) is 14.7. The minimum atomic E-state index is -0.141. The fourth-order valence-corrected chi connectivity index (χ4v) is 4.77. The molecular weight excluding hydrogens is 414 g/mol. The largest absolute Gasteiger partial charge is 0.346 e. The van der Waals surface area contributed by atoms with Crippen molar-refractivity contribution < 1.29 is 4.79 Å². The molecule has 0 aliphatic carbocycles. The van der Waals surface area contributed by atoms with Gasteiger partial charge in [0, 0.05) is 16.7 Å². The van der Waals surface area contributed by atoms with Crippen LogP contribution >= 0.6 is 11.8 Å². The van der Waals surface area contributed by atoms with E-state index >= 15 is 0 Å². The molecule has 1 aliphatic heterocycles. The number of carbonyl (C=O) groups is 1. The van der Waals surface area contributed by atoms with Gasteiger partial charge < -0.3 is 9.88 Å². The first-order valence-corrected chi connectivity index (χ1v) is 11.8. The van der Waals surface area contributed by atoms with Crippen molar-refractivity contribution in [3.8, 4) is 5.69 Å². The lowest BCUT2D eigenvalue weighted by Gasteiger charge is -2.16. The molecule has 1 N–H and O–H groups in total. The molecule has 0 unspecified atom stereocenters. The summed E-state index contributed by atoms with van der Waals surface area (Å²) < 4.78 is 2.17. The van der Waals surface area contributed by atoms with Crippen LogP contribution in [0.1, 0.15) is 33.2 Å². The molecule has 4 nitrogen and oxygen atoms in total. The Morgan fingerprint density at radius 2 is 1.69 bits per heavy atom. The van der Waals surface area contributed by atoms with Crippen molar-refractivity contribution in [2.45, 2.75) is 10.9 Å². The maximum Gasteiger partial charge on any atom is 0.252 e. The van der Waals surface area contributed by atoms with Gasteiger partial charge in [0.15, 0.2) is 0 Å². The summed E-state index contributed by atoms with van der Waals surface area (Å²) in [4.78, 5) is 19.1. The smallest absolute Gasteiger partial charge is 0.252 e. The second kappa shape index (κ2) is 8.89. The van der Waals surface area contributed by atoms with Crippen molar-refractivity contribution in [1.29, 1.82) is 0 Å². The molecule has 0 fully saturated rings. The summed E-state index contributed by atoms with van der Waals surface area (Å²) in [7, 11) is 0. The maximum atomic E-state index is 13.0.